The molecule has 1 aliphatic heterocycles. The van der Waals surface area contributed by atoms with E-state index < -0.39 is 0 Å². The van der Waals surface area contributed by atoms with E-state index in [4.69, 9.17) is 0 Å². The van der Waals surface area contributed by atoms with Gasteiger partial charge in [0.2, 0.25) is 5.91 Å². The van der Waals surface area contributed by atoms with Gasteiger partial charge in [0, 0.05) is 31.1 Å². The van der Waals surface area contributed by atoms with Crippen LogP contribution in [0.15, 0.2) is 59.6 Å². The summed E-state index contributed by atoms with van der Waals surface area (Å²) in [5.41, 5.74) is 3.26. The van der Waals surface area contributed by atoms with Crippen molar-refractivity contribution < 1.29 is 4.79 Å². The highest BCUT2D eigenvalue weighted by atomic mass is 127. The van der Waals surface area contributed by atoms with Crippen LogP contribution in [0.2, 0.25) is 0 Å². The monoisotopic (exact) mass is 464 g/mol. The number of para-hydroxylation sites is 1. The number of hydrogen-bond acceptors (Lipinski definition) is 2. The molecule has 2 aromatic carbocycles. The fourth-order valence-corrected chi connectivity index (χ4v) is 3.00. The van der Waals surface area contributed by atoms with E-state index in [9.17, 15) is 4.79 Å². The lowest BCUT2D eigenvalue weighted by atomic mass is 9.90. The molecule has 1 heterocycles. The molecule has 138 valence electrons. The topological polar surface area (TPSA) is 65.5 Å². The highest BCUT2D eigenvalue weighted by molar-refractivity contribution is 14.0. The van der Waals surface area contributed by atoms with Crippen molar-refractivity contribution in [1.82, 2.24) is 10.6 Å². The van der Waals surface area contributed by atoms with Crippen molar-refractivity contribution in [3.05, 3.63) is 65.7 Å². The normalized spacial score (nSPS) is 16.1. The number of carbonyl (C=O) groups is 1. The van der Waals surface area contributed by atoms with Gasteiger partial charge in [-0.3, -0.25) is 4.79 Å². The largest absolute Gasteiger partial charge is 0.357 e. The number of halogens is 1. The first-order chi connectivity index (χ1) is 12.3. The van der Waals surface area contributed by atoms with Crippen LogP contribution in [0.25, 0.3) is 0 Å². The lowest BCUT2D eigenvalue weighted by Crippen LogP contribution is -2.40. The molecular weight excluding hydrogens is 439 g/mol. The molecule has 1 unspecified atom stereocenters. The Morgan fingerprint density at radius 3 is 2.62 bits per heavy atom. The maximum atomic E-state index is 11.9. The van der Waals surface area contributed by atoms with Crippen molar-refractivity contribution in [2.24, 2.45) is 4.99 Å². The number of benzene rings is 2. The Bertz CT molecular complexity index is 748. The van der Waals surface area contributed by atoms with Gasteiger partial charge in [-0.15, -0.1) is 24.0 Å². The van der Waals surface area contributed by atoms with Crippen molar-refractivity contribution in [3.8, 4) is 0 Å². The van der Waals surface area contributed by atoms with Gasteiger partial charge < -0.3 is 16.0 Å². The van der Waals surface area contributed by atoms with E-state index in [1.54, 1.807) is 0 Å². The summed E-state index contributed by atoms with van der Waals surface area (Å²) in [6.07, 6.45) is 0.488. The van der Waals surface area contributed by atoms with Gasteiger partial charge in [0.1, 0.15) is 0 Å². The van der Waals surface area contributed by atoms with Gasteiger partial charge in [-0.1, -0.05) is 48.5 Å². The minimum Gasteiger partial charge on any atom is -0.357 e. The number of nitrogens with zero attached hydrogens (tertiary/aromatic N) is 1. The highest BCUT2D eigenvalue weighted by Gasteiger charge is 2.24. The molecule has 1 amide bonds. The summed E-state index contributed by atoms with van der Waals surface area (Å²) in [5.74, 6) is 0.983. The summed E-state index contributed by atoms with van der Waals surface area (Å²) < 4.78 is 0. The van der Waals surface area contributed by atoms with Crippen LogP contribution < -0.4 is 16.0 Å². The van der Waals surface area contributed by atoms with Gasteiger partial charge in [0.05, 0.1) is 6.54 Å². The molecular formula is C20H25IN4O. The Hall–Kier alpha value is -2.09. The number of aliphatic imine (C=N–C) groups is 1. The predicted octanol–water partition coefficient (Wildman–Crippen LogP) is 3.49. The number of amides is 1. The van der Waals surface area contributed by atoms with Crippen molar-refractivity contribution in [3.63, 3.8) is 0 Å². The molecule has 0 spiro atoms. The molecule has 3 rings (SSSR count). The Kier molecular flexibility index (Phi) is 7.90. The fraction of sp³-hybridized carbons (Fsp3) is 0.300. The summed E-state index contributed by atoms with van der Waals surface area (Å²) in [4.78, 5) is 16.6. The van der Waals surface area contributed by atoms with E-state index in [0.717, 1.165) is 18.2 Å². The Morgan fingerprint density at radius 2 is 1.85 bits per heavy atom. The van der Waals surface area contributed by atoms with E-state index in [1.165, 1.54) is 11.1 Å². The van der Waals surface area contributed by atoms with E-state index in [1.807, 2.05) is 43.3 Å². The number of fused-ring (bicyclic) bond motifs is 1. The van der Waals surface area contributed by atoms with Gasteiger partial charge in [-0.05, 0) is 24.1 Å². The third-order valence-electron chi connectivity index (χ3n) is 4.23. The quantitative estimate of drug-likeness (QED) is 0.361. The zero-order valence-electron chi connectivity index (χ0n) is 14.9. The van der Waals surface area contributed by atoms with Crippen LogP contribution in [-0.2, 0) is 11.3 Å². The van der Waals surface area contributed by atoms with Gasteiger partial charge in [0.25, 0.3) is 0 Å². The maximum absolute atomic E-state index is 11.9. The third kappa shape index (κ3) is 5.45. The van der Waals surface area contributed by atoms with E-state index in [-0.39, 0.29) is 35.8 Å². The molecule has 0 aromatic heterocycles. The number of hydrogen-bond donors (Lipinski definition) is 3. The molecule has 5 nitrogen and oxygen atoms in total. The third-order valence-corrected chi connectivity index (χ3v) is 4.23. The predicted molar refractivity (Wildman–Crippen MR) is 117 cm³/mol. The van der Waals surface area contributed by atoms with Gasteiger partial charge in [-0.25, -0.2) is 4.99 Å². The minimum absolute atomic E-state index is 0. The molecule has 2 aromatic rings. The molecule has 0 radical (unpaired) electrons. The second kappa shape index (κ2) is 10.2. The van der Waals surface area contributed by atoms with Crippen molar-refractivity contribution in [2.45, 2.75) is 25.8 Å². The average Bonchev–Trinajstić information content (AvgIpc) is 2.64. The second-order valence-electron chi connectivity index (χ2n) is 6.10. The molecule has 3 N–H and O–H groups in total. The summed E-state index contributed by atoms with van der Waals surface area (Å²) in [6.45, 7) is 4.13. The van der Waals surface area contributed by atoms with Crippen molar-refractivity contribution in [2.75, 3.05) is 18.4 Å². The molecule has 1 aliphatic rings. The SMILES string of the molecule is CCNC(=NCc1ccccc1)NCC1CC(=O)Nc2ccccc21.I. The minimum atomic E-state index is 0. The number of anilines is 1. The van der Waals surface area contributed by atoms with E-state index in [0.29, 0.717) is 19.5 Å². The molecule has 26 heavy (non-hydrogen) atoms. The molecule has 0 bridgehead atoms. The standard InChI is InChI=1S/C20H24N4O.HI/c1-2-21-20(22-13-15-8-4-3-5-9-15)23-14-16-12-19(25)24-18-11-7-6-10-17(16)18;/h3-11,16H,2,12-14H2,1H3,(H,24,25)(H2,21,22,23);1H. The van der Waals surface area contributed by atoms with Crippen LogP contribution in [-0.4, -0.2) is 25.0 Å². The number of rotatable bonds is 5. The Balaban J connectivity index is 0.00000243. The number of guanidine groups is 1. The smallest absolute Gasteiger partial charge is 0.225 e. The zero-order valence-corrected chi connectivity index (χ0v) is 17.2. The first-order valence-electron chi connectivity index (χ1n) is 8.71. The fourth-order valence-electron chi connectivity index (χ4n) is 3.00. The van der Waals surface area contributed by atoms with Crippen molar-refractivity contribution in [1.29, 1.82) is 0 Å². The second-order valence-corrected chi connectivity index (χ2v) is 6.10. The molecule has 0 saturated carbocycles. The van der Waals surface area contributed by atoms with Crippen LogP contribution >= 0.6 is 24.0 Å². The Morgan fingerprint density at radius 1 is 1.12 bits per heavy atom. The molecule has 0 aliphatic carbocycles. The lowest BCUT2D eigenvalue weighted by molar-refractivity contribution is -0.116. The summed E-state index contributed by atoms with van der Waals surface area (Å²) in [6, 6.07) is 18.2. The van der Waals surface area contributed by atoms with Gasteiger partial charge in [0.15, 0.2) is 5.96 Å². The van der Waals surface area contributed by atoms with Crippen LogP contribution in [0.4, 0.5) is 5.69 Å². The molecule has 6 heteroatoms. The Labute approximate surface area is 171 Å². The maximum Gasteiger partial charge on any atom is 0.225 e. The average molecular weight is 464 g/mol. The number of nitrogens with one attached hydrogen (secondary N) is 3. The van der Waals surface area contributed by atoms with Crippen LogP contribution in [0.5, 0.6) is 0 Å². The molecule has 0 fully saturated rings. The first-order valence-corrected chi connectivity index (χ1v) is 8.71. The summed E-state index contributed by atoms with van der Waals surface area (Å²) in [7, 11) is 0. The van der Waals surface area contributed by atoms with Gasteiger partial charge >= 0.3 is 0 Å². The highest BCUT2D eigenvalue weighted by Crippen LogP contribution is 2.31. The molecule has 0 saturated heterocycles. The molecule has 1 atom stereocenters. The van der Waals surface area contributed by atoms with Gasteiger partial charge in [-0.2, -0.15) is 0 Å². The summed E-state index contributed by atoms with van der Waals surface area (Å²) >= 11 is 0. The zero-order chi connectivity index (χ0) is 17.5. The van der Waals surface area contributed by atoms with E-state index in [2.05, 4.69) is 39.1 Å². The summed E-state index contributed by atoms with van der Waals surface area (Å²) in [5, 5.41) is 9.58. The number of carbonyl (C=O) groups excluding carboxylic acids is 1. The van der Waals surface area contributed by atoms with Crippen LogP contribution in [0, 0.1) is 0 Å². The first kappa shape index (κ1) is 20.2. The van der Waals surface area contributed by atoms with Crippen molar-refractivity contribution >= 4 is 41.5 Å². The van der Waals surface area contributed by atoms with Crippen LogP contribution in [0.3, 0.4) is 0 Å². The van der Waals surface area contributed by atoms with Crippen LogP contribution in [0.1, 0.15) is 30.4 Å². The lowest BCUT2D eigenvalue weighted by Gasteiger charge is -2.26. The van der Waals surface area contributed by atoms with E-state index >= 15 is 0 Å².